The van der Waals surface area contributed by atoms with E-state index in [1.165, 1.54) is 19.3 Å². The zero-order valence-electron chi connectivity index (χ0n) is 6.35. The highest BCUT2D eigenvalue weighted by atomic mass is 19.4. The Labute approximate surface area is 67.2 Å². The SMILES string of the molecule is Cc1ccoc1[C@@H](N)C(F)(F)F. The number of alkyl halides is 3. The lowest BCUT2D eigenvalue weighted by Gasteiger charge is -2.13. The lowest BCUT2D eigenvalue weighted by molar-refractivity contribution is -0.152. The van der Waals surface area contributed by atoms with Crippen molar-refractivity contribution >= 4 is 0 Å². The highest BCUT2D eigenvalue weighted by molar-refractivity contribution is 5.18. The third-order valence-electron chi connectivity index (χ3n) is 1.54. The molecule has 0 fully saturated rings. The van der Waals surface area contributed by atoms with Crippen LogP contribution in [0.1, 0.15) is 17.4 Å². The number of rotatable bonds is 1. The molecule has 0 aliphatic heterocycles. The Balaban J connectivity index is 2.92. The normalized spacial score (nSPS) is 14.8. The molecule has 2 nitrogen and oxygen atoms in total. The highest BCUT2D eigenvalue weighted by Crippen LogP contribution is 2.32. The van der Waals surface area contributed by atoms with E-state index in [1.54, 1.807) is 0 Å². The van der Waals surface area contributed by atoms with E-state index < -0.39 is 12.2 Å². The van der Waals surface area contributed by atoms with Crippen molar-refractivity contribution in [3.8, 4) is 0 Å². The van der Waals surface area contributed by atoms with Crippen molar-refractivity contribution < 1.29 is 17.6 Å². The van der Waals surface area contributed by atoms with Gasteiger partial charge in [-0.1, -0.05) is 0 Å². The van der Waals surface area contributed by atoms with Gasteiger partial charge < -0.3 is 10.2 Å². The summed E-state index contributed by atoms with van der Waals surface area (Å²) in [5.41, 5.74) is 5.32. The third-order valence-corrected chi connectivity index (χ3v) is 1.54. The van der Waals surface area contributed by atoms with E-state index in [-0.39, 0.29) is 5.76 Å². The maximum atomic E-state index is 12.0. The predicted molar refractivity (Wildman–Crippen MR) is 36.4 cm³/mol. The van der Waals surface area contributed by atoms with Gasteiger partial charge in [-0.2, -0.15) is 13.2 Å². The molecule has 1 aromatic heterocycles. The van der Waals surface area contributed by atoms with Crippen LogP contribution in [0, 0.1) is 6.92 Å². The average Bonchev–Trinajstić information content (AvgIpc) is 2.31. The van der Waals surface area contributed by atoms with Crippen LogP contribution in [0.3, 0.4) is 0 Å². The zero-order chi connectivity index (χ0) is 9.35. The lowest BCUT2D eigenvalue weighted by Crippen LogP contribution is -2.28. The van der Waals surface area contributed by atoms with Gasteiger partial charge in [0, 0.05) is 0 Å². The first kappa shape index (κ1) is 9.12. The first-order chi connectivity index (χ1) is 5.43. The Morgan fingerprint density at radius 1 is 1.50 bits per heavy atom. The second-order valence-corrected chi connectivity index (χ2v) is 2.49. The van der Waals surface area contributed by atoms with Gasteiger partial charge in [-0.3, -0.25) is 0 Å². The quantitative estimate of drug-likeness (QED) is 0.717. The molecular weight excluding hydrogens is 171 g/mol. The van der Waals surface area contributed by atoms with Crippen molar-refractivity contribution in [1.82, 2.24) is 0 Å². The molecule has 1 aromatic rings. The Bertz CT molecular complexity index is 266. The number of furan rings is 1. The number of hydrogen-bond donors (Lipinski definition) is 1. The molecule has 1 atom stereocenters. The summed E-state index contributed by atoms with van der Waals surface area (Å²) < 4.78 is 40.6. The molecule has 0 radical (unpaired) electrons. The summed E-state index contributed by atoms with van der Waals surface area (Å²) in [4.78, 5) is 0. The first-order valence-corrected chi connectivity index (χ1v) is 3.29. The number of halogens is 3. The van der Waals surface area contributed by atoms with Crippen LogP contribution >= 0.6 is 0 Å². The summed E-state index contributed by atoms with van der Waals surface area (Å²) in [5.74, 6) is -0.220. The predicted octanol–water partition coefficient (Wildman–Crippen LogP) is 2.15. The zero-order valence-corrected chi connectivity index (χ0v) is 6.35. The van der Waals surface area contributed by atoms with E-state index in [0.717, 1.165) is 0 Å². The molecule has 0 amide bonds. The number of hydrogen-bond acceptors (Lipinski definition) is 2. The van der Waals surface area contributed by atoms with Gasteiger partial charge in [-0.05, 0) is 18.6 Å². The fraction of sp³-hybridized carbons (Fsp3) is 0.429. The second kappa shape index (κ2) is 2.82. The summed E-state index contributed by atoms with van der Waals surface area (Å²) in [7, 11) is 0. The monoisotopic (exact) mass is 179 g/mol. The summed E-state index contributed by atoms with van der Waals surface area (Å²) in [6, 6.07) is -0.575. The number of nitrogens with two attached hydrogens (primary N) is 1. The van der Waals surface area contributed by atoms with Gasteiger partial charge in [0.25, 0.3) is 0 Å². The van der Waals surface area contributed by atoms with Crippen molar-refractivity contribution in [2.45, 2.75) is 19.1 Å². The van der Waals surface area contributed by atoms with Gasteiger partial charge in [0.2, 0.25) is 0 Å². The minimum atomic E-state index is -4.44. The number of aryl methyl sites for hydroxylation is 1. The smallest absolute Gasteiger partial charge is 0.410 e. The standard InChI is InChI=1S/C7H8F3NO/c1-4-2-3-12-5(4)6(11)7(8,9)10/h2-3,6H,11H2,1H3/t6-/m1/s1. The van der Waals surface area contributed by atoms with E-state index in [2.05, 4.69) is 4.42 Å². The van der Waals surface area contributed by atoms with Gasteiger partial charge in [0.15, 0.2) is 6.04 Å². The van der Waals surface area contributed by atoms with Crippen LogP contribution in [-0.4, -0.2) is 6.18 Å². The van der Waals surface area contributed by atoms with Crippen LogP contribution in [0.25, 0.3) is 0 Å². The summed E-state index contributed by atoms with van der Waals surface area (Å²) in [5, 5.41) is 0. The molecule has 0 saturated carbocycles. The Hall–Kier alpha value is -0.970. The van der Waals surface area contributed by atoms with Crippen molar-refractivity contribution in [2.75, 3.05) is 0 Å². The molecule has 0 aliphatic rings. The van der Waals surface area contributed by atoms with Crippen LogP contribution in [0.15, 0.2) is 16.7 Å². The van der Waals surface area contributed by atoms with E-state index in [1.807, 2.05) is 0 Å². The van der Waals surface area contributed by atoms with Gasteiger partial charge in [-0.25, -0.2) is 0 Å². The lowest BCUT2D eigenvalue weighted by atomic mass is 10.1. The second-order valence-electron chi connectivity index (χ2n) is 2.49. The fourth-order valence-electron chi connectivity index (χ4n) is 0.852. The van der Waals surface area contributed by atoms with E-state index in [0.29, 0.717) is 5.56 Å². The molecule has 12 heavy (non-hydrogen) atoms. The van der Waals surface area contributed by atoms with Crippen molar-refractivity contribution in [3.05, 3.63) is 23.7 Å². The molecule has 5 heteroatoms. The molecule has 1 rings (SSSR count). The van der Waals surface area contributed by atoms with Gasteiger partial charge >= 0.3 is 6.18 Å². The molecule has 0 saturated heterocycles. The molecule has 1 heterocycles. The van der Waals surface area contributed by atoms with Crippen LogP contribution in [0.5, 0.6) is 0 Å². The minimum absolute atomic E-state index is 0.220. The molecule has 0 aliphatic carbocycles. The molecule has 0 bridgehead atoms. The van der Waals surface area contributed by atoms with E-state index >= 15 is 0 Å². The maximum absolute atomic E-state index is 12.0. The average molecular weight is 179 g/mol. The highest BCUT2D eigenvalue weighted by Gasteiger charge is 2.40. The van der Waals surface area contributed by atoms with Crippen molar-refractivity contribution in [2.24, 2.45) is 5.73 Å². The van der Waals surface area contributed by atoms with Gasteiger partial charge in [0.1, 0.15) is 5.76 Å². The van der Waals surface area contributed by atoms with Gasteiger partial charge in [0.05, 0.1) is 6.26 Å². The molecule has 0 aromatic carbocycles. The Morgan fingerprint density at radius 3 is 2.42 bits per heavy atom. The van der Waals surface area contributed by atoms with E-state index in [9.17, 15) is 13.2 Å². The van der Waals surface area contributed by atoms with Crippen molar-refractivity contribution in [1.29, 1.82) is 0 Å². The first-order valence-electron chi connectivity index (χ1n) is 3.29. The molecule has 68 valence electrons. The van der Waals surface area contributed by atoms with Crippen LogP contribution in [0.4, 0.5) is 13.2 Å². The largest absolute Gasteiger partial charge is 0.467 e. The summed E-state index contributed by atoms with van der Waals surface area (Å²) in [6.07, 6.45) is -3.25. The van der Waals surface area contributed by atoms with E-state index in [4.69, 9.17) is 5.73 Å². The molecule has 0 spiro atoms. The van der Waals surface area contributed by atoms with Crippen LogP contribution < -0.4 is 5.73 Å². The Kier molecular flexibility index (Phi) is 2.14. The Morgan fingerprint density at radius 2 is 2.08 bits per heavy atom. The fourth-order valence-corrected chi connectivity index (χ4v) is 0.852. The summed E-state index contributed by atoms with van der Waals surface area (Å²) in [6.45, 7) is 1.52. The molecule has 2 N–H and O–H groups in total. The van der Waals surface area contributed by atoms with Crippen molar-refractivity contribution in [3.63, 3.8) is 0 Å². The maximum Gasteiger partial charge on any atom is 0.410 e. The van der Waals surface area contributed by atoms with Crippen LogP contribution in [0.2, 0.25) is 0 Å². The topological polar surface area (TPSA) is 39.2 Å². The molecular formula is C7H8F3NO. The molecule has 0 unspecified atom stereocenters. The summed E-state index contributed by atoms with van der Waals surface area (Å²) >= 11 is 0. The van der Waals surface area contributed by atoms with Gasteiger partial charge in [-0.15, -0.1) is 0 Å². The van der Waals surface area contributed by atoms with Crippen LogP contribution in [-0.2, 0) is 0 Å². The minimum Gasteiger partial charge on any atom is -0.467 e. The third kappa shape index (κ3) is 1.61.